The van der Waals surface area contributed by atoms with Crippen molar-refractivity contribution in [3.05, 3.63) is 30.7 Å². The molecule has 0 aliphatic rings. The number of para-hydroxylation sites is 1. The fourth-order valence-electron chi connectivity index (χ4n) is 1.15. The van der Waals surface area contributed by atoms with Gasteiger partial charge < -0.3 is 20.3 Å². The second kappa shape index (κ2) is 6.27. The number of hydrogen-bond donors (Lipinski definition) is 2. The number of nitrogens with two attached hydrogens (primary N) is 1. The first-order valence-corrected chi connectivity index (χ1v) is 4.77. The molecule has 0 unspecified atom stereocenters. The second-order valence-electron chi connectivity index (χ2n) is 3.02. The van der Waals surface area contributed by atoms with Crippen LogP contribution in [0, 0.1) is 6.92 Å². The Morgan fingerprint density at radius 2 is 2.07 bits per heavy atom. The number of anilines is 1. The molecule has 0 atom stereocenters. The van der Waals surface area contributed by atoms with Gasteiger partial charge in [-0.25, -0.2) is 0 Å². The van der Waals surface area contributed by atoms with Crippen LogP contribution in [0.4, 0.5) is 5.69 Å². The van der Waals surface area contributed by atoms with Crippen molar-refractivity contribution in [1.29, 1.82) is 0 Å². The van der Waals surface area contributed by atoms with Crippen molar-refractivity contribution >= 4 is 5.69 Å². The first-order chi connectivity index (χ1) is 7.25. The van der Waals surface area contributed by atoms with Crippen molar-refractivity contribution in [3.63, 3.8) is 0 Å². The van der Waals surface area contributed by atoms with E-state index in [0.29, 0.717) is 31.3 Å². The lowest BCUT2D eigenvalue weighted by atomic mass is 10.2. The number of nitrogen functional groups attached to an aromatic ring is 1. The van der Waals surface area contributed by atoms with Gasteiger partial charge in [0.1, 0.15) is 12.4 Å². The normalized spacial score (nSPS) is 10.3. The van der Waals surface area contributed by atoms with Crippen LogP contribution in [0.5, 0.6) is 5.75 Å². The molecule has 0 saturated carbocycles. The van der Waals surface area contributed by atoms with E-state index in [-0.39, 0.29) is 6.61 Å². The van der Waals surface area contributed by atoms with Gasteiger partial charge in [0.2, 0.25) is 0 Å². The largest absolute Gasteiger partial charge is 0.489 e. The number of hydrogen-bond acceptors (Lipinski definition) is 4. The lowest BCUT2D eigenvalue weighted by Gasteiger charge is -2.11. The van der Waals surface area contributed by atoms with Crippen LogP contribution in [0.2, 0.25) is 0 Å². The summed E-state index contributed by atoms with van der Waals surface area (Å²) in [7, 11) is 0. The number of ether oxygens (including phenoxy) is 2. The third-order valence-corrected chi connectivity index (χ3v) is 1.84. The standard InChI is InChI=1S/C11H16NO3/c1-9-3-2-4-10(12)11(9)15-8-7-14-6-5-13/h2-4,13H,1,5-8,12H2. The summed E-state index contributed by atoms with van der Waals surface area (Å²) in [6.45, 7) is 4.98. The average molecular weight is 210 g/mol. The zero-order valence-corrected chi connectivity index (χ0v) is 8.61. The van der Waals surface area contributed by atoms with Gasteiger partial charge in [0.05, 0.1) is 25.5 Å². The van der Waals surface area contributed by atoms with Gasteiger partial charge in [-0.1, -0.05) is 12.1 Å². The van der Waals surface area contributed by atoms with Crippen LogP contribution < -0.4 is 10.5 Å². The summed E-state index contributed by atoms with van der Waals surface area (Å²) in [5, 5.41) is 8.48. The highest BCUT2D eigenvalue weighted by Crippen LogP contribution is 2.24. The van der Waals surface area contributed by atoms with Crippen LogP contribution in [-0.2, 0) is 4.74 Å². The number of rotatable bonds is 6. The molecule has 1 radical (unpaired) electrons. The third-order valence-electron chi connectivity index (χ3n) is 1.84. The molecule has 0 spiro atoms. The molecule has 15 heavy (non-hydrogen) atoms. The minimum Gasteiger partial charge on any atom is -0.489 e. The minimum absolute atomic E-state index is 0.0219. The highest BCUT2D eigenvalue weighted by atomic mass is 16.5. The molecule has 0 amide bonds. The van der Waals surface area contributed by atoms with E-state index < -0.39 is 0 Å². The fourth-order valence-corrected chi connectivity index (χ4v) is 1.15. The number of benzene rings is 1. The molecule has 0 heterocycles. The maximum Gasteiger partial charge on any atom is 0.145 e. The maximum absolute atomic E-state index is 8.48. The molecule has 1 aromatic rings. The highest BCUT2D eigenvalue weighted by Gasteiger charge is 2.02. The quantitative estimate of drug-likeness (QED) is 0.539. The molecule has 0 aromatic heterocycles. The molecule has 4 nitrogen and oxygen atoms in total. The Balaban J connectivity index is 2.37. The molecule has 0 bridgehead atoms. The predicted octanol–water partition coefficient (Wildman–Crippen LogP) is 0.839. The van der Waals surface area contributed by atoms with E-state index in [9.17, 15) is 0 Å². The minimum atomic E-state index is 0.0219. The molecule has 1 rings (SSSR count). The van der Waals surface area contributed by atoms with Crippen molar-refractivity contribution in [1.82, 2.24) is 0 Å². The third kappa shape index (κ3) is 3.77. The van der Waals surface area contributed by atoms with Crippen LogP contribution in [0.3, 0.4) is 0 Å². The smallest absolute Gasteiger partial charge is 0.145 e. The lowest BCUT2D eigenvalue weighted by molar-refractivity contribution is 0.0706. The zero-order chi connectivity index (χ0) is 11.1. The van der Waals surface area contributed by atoms with Gasteiger partial charge in [0, 0.05) is 0 Å². The molecule has 4 heteroatoms. The summed E-state index contributed by atoms with van der Waals surface area (Å²) in [4.78, 5) is 0. The molecule has 0 aliphatic heterocycles. The van der Waals surface area contributed by atoms with Crippen LogP contribution in [0.25, 0.3) is 0 Å². The average Bonchev–Trinajstić information content (AvgIpc) is 2.21. The summed E-state index contributed by atoms with van der Waals surface area (Å²) in [5.74, 6) is 0.602. The van der Waals surface area contributed by atoms with Gasteiger partial charge in [-0.05, 0) is 18.6 Å². The summed E-state index contributed by atoms with van der Waals surface area (Å²) in [6, 6.07) is 5.42. The molecule has 0 saturated heterocycles. The molecule has 0 fully saturated rings. The number of aliphatic hydroxyl groups excluding tert-OH is 1. The van der Waals surface area contributed by atoms with Gasteiger partial charge in [-0.2, -0.15) is 0 Å². The van der Waals surface area contributed by atoms with E-state index in [1.54, 1.807) is 6.07 Å². The Morgan fingerprint density at radius 1 is 1.27 bits per heavy atom. The van der Waals surface area contributed by atoms with E-state index in [2.05, 4.69) is 6.92 Å². The van der Waals surface area contributed by atoms with Crippen LogP contribution in [0.1, 0.15) is 5.56 Å². The van der Waals surface area contributed by atoms with Gasteiger partial charge >= 0.3 is 0 Å². The van der Waals surface area contributed by atoms with Crippen LogP contribution in [0.15, 0.2) is 18.2 Å². The van der Waals surface area contributed by atoms with Crippen LogP contribution in [-0.4, -0.2) is 31.5 Å². The topological polar surface area (TPSA) is 64.7 Å². The SMILES string of the molecule is [CH2]c1cccc(N)c1OCCOCCO. The van der Waals surface area contributed by atoms with E-state index in [1.807, 2.05) is 12.1 Å². The Kier molecular flexibility index (Phi) is 4.93. The van der Waals surface area contributed by atoms with Crippen molar-refractivity contribution in [2.75, 3.05) is 32.2 Å². The fraction of sp³-hybridized carbons (Fsp3) is 0.364. The van der Waals surface area contributed by atoms with Gasteiger partial charge in [0.25, 0.3) is 0 Å². The summed E-state index contributed by atoms with van der Waals surface area (Å²) in [5.41, 5.74) is 7.05. The van der Waals surface area contributed by atoms with Crippen LogP contribution >= 0.6 is 0 Å². The van der Waals surface area contributed by atoms with Crippen molar-refractivity contribution < 1.29 is 14.6 Å². The van der Waals surface area contributed by atoms with E-state index in [1.165, 1.54) is 0 Å². The molecule has 1 aromatic carbocycles. The van der Waals surface area contributed by atoms with Crippen molar-refractivity contribution in [2.24, 2.45) is 0 Å². The number of aliphatic hydroxyl groups is 1. The van der Waals surface area contributed by atoms with E-state index >= 15 is 0 Å². The second-order valence-corrected chi connectivity index (χ2v) is 3.02. The molecule has 0 aliphatic carbocycles. The summed E-state index contributed by atoms with van der Waals surface area (Å²) < 4.78 is 10.5. The molecule has 83 valence electrons. The first-order valence-electron chi connectivity index (χ1n) is 4.77. The van der Waals surface area contributed by atoms with Crippen molar-refractivity contribution in [2.45, 2.75) is 0 Å². The lowest BCUT2D eigenvalue weighted by Crippen LogP contribution is -2.10. The Labute approximate surface area is 89.6 Å². The van der Waals surface area contributed by atoms with Gasteiger partial charge in [-0.15, -0.1) is 0 Å². The summed E-state index contributed by atoms with van der Waals surface area (Å²) in [6.07, 6.45) is 0. The maximum atomic E-state index is 8.48. The van der Waals surface area contributed by atoms with E-state index in [0.717, 1.165) is 5.56 Å². The zero-order valence-electron chi connectivity index (χ0n) is 8.61. The Hall–Kier alpha value is -1.26. The van der Waals surface area contributed by atoms with E-state index in [4.69, 9.17) is 20.3 Å². The summed E-state index contributed by atoms with van der Waals surface area (Å²) >= 11 is 0. The predicted molar refractivity (Wildman–Crippen MR) is 58.7 cm³/mol. The highest BCUT2D eigenvalue weighted by molar-refractivity contribution is 5.57. The molecule has 3 N–H and O–H groups in total. The Morgan fingerprint density at radius 3 is 2.73 bits per heavy atom. The van der Waals surface area contributed by atoms with Crippen molar-refractivity contribution in [3.8, 4) is 5.75 Å². The van der Waals surface area contributed by atoms with Gasteiger partial charge in [-0.3, -0.25) is 0 Å². The van der Waals surface area contributed by atoms with Gasteiger partial charge in [0.15, 0.2) is 0 Å². The monoisotopic (exact) mass is 210 g/mol. The molecular weight excluding hydrogens is 194 g/mol. The Bertz CT molecular complexity index is 282. The molecular formula is C11H16NO3. The first kappa shape index (κ1) is 11.8.